The van der Waals surface area contributed by atoms with E-state index in [1.165, 1.54) is 21.9 Å². The Morgan fingerprint density at radius 1 is 1.19 bits per heavy atom. The first-order valence-corrected chi connectivity index (χ1v) is 7.67. The third-order valence-electron chi connectivity index (χ3n) is 4.70. The standard InChI is InChI=1S/C18H23NO2/c1-13-6-7-14-4-2-3-5-16(14)17(13)10-19-9-8-15(12-20)18(21)11-19/h2-7,15,18,20-21H,8-12H2,1H3/t15-,18-/m1/s1. The second kappa shape index (κ2) is 6.14. The lowest BCUT2D eigenvalue weighted by Gasteiger charge is -2.35. The molecule has 0 radical (unpaired) electrons. The minimum absolute atomic E-state index is 0.0369. The van der Waals surface area contributed by atoms with Gasteiger partial charge in [0, 0.05) is 25.6 Å². The van der Waals surface area contributed by atoms with Crippen molar-refractivity contribution in [3.63, 3.8) is 0 Å². The van der Waals surface area contributed by atoms with Crippen LogP contribution in [0.1, 0.15) is 17.5 Å². The fourth-order valence-corrected chi connectivity index (χ4v) is 3.28. The Hall–Kier alpha value is -1.42. The molecule has 2 N–H and O–H groups in total. The third-order valence-corrected chi connectivity index (χ3v) is 4.70. The zero-order valence-electron chi connectivity index (χ0n) is 12.5. The molecule has 1 heterocycles. The maximum atomic E-state index is 10.1. The molecule has 0 amide bonds. The van der Waals surface area contributed by atoms with E-state index in [9.17, 15) is 10.2 Å². The minimum atomic E-state index is -0.418. The van der Waals surface area contributed by atoms with Gasteiger partial charge in [0.2, 0.25) is 0 Å². The molecule has 0 saturated carbocycles. The van der Waals surface area contributed by atoms with E-state index in [4.69, 9.17) is 0 Å². The average Bonchev–Trinajstić information content (AvgIpc) is 2.50. The number of aryl methyl sites for hydroxylation is 1. The van der Waals surface area contributed by atoms with Gasteiger partial charge in [0.05, 0.1) is 6.10 Å². The van der Waals surface area contributed by atoms with Gasteiger partial charge in [-0.2, -0.15) is 0 Å². The third kappa shape index (κ3) is 2.95. The first kappa shape index (κ1) is 14.5. The van der Waals surface area contributed by atoms with Crippen LogP contribution >= 0.6 is 0 Å². The highest BCUT2D eigenvalue weighted by Gasteiger charge is 2.27. The van der Waals surface area contributed by atoms with Crippen LogP contribution < -0.4 is 0 Å². The van der Waals surface area contributed by atoms with Gasteiger partial charge >= 0.3 is 0 Å². The Kier molecular flexibility index (Phi) is 4.24. The maximum Gasteiger partial charge on any atom is 0.0717 e. The molecule has 0 bridgehead atoms. The monoisotopic (exact) mass is 285 g/mol. The van der Waals surface area contributed by atoms with Crippen LogP contribution in [0.5, 0.6) is 0 Å². The summed E-state index contributed by atoms with van der Waals surface area (Å²) in [4.78, 5) is 2.30. The quantitative estimate of drug-likeness (QED) is 0.909. The Labute approximate surface area is 125 Å². The van der Waals surface area contributed by atoms with Crippen LogP contribution in [0.3, 0.4) is 0 Å². The van der Waals surface area contributed by atoms with Gasteiger partial charge in [-0.25, -0.2) is 0 Å². The Morgan fingerprint density at radius 2 is 2.00 bits per heavy atom. The predicted molar refractivity (Wildman–Crippen MR) is 85.2 cm³/mol. The van der Waals surface area contributed by atoms with Crippen LogP contribution in [0, 0.1) is 12.8 Å². The first-order chi connectivity index (χ1) is 10.2. The zero-order chi connectivity index (χ0) is 14.8. The second-order valence-corrected chi connectivity index (χ2v) is 6.12. The lowest BCUT2D eigenvalue weighted by Crippen LogP contribution is -2.44. The van der Waals surface area contributed by atoms with Gasteiger partial charge in [-0.1, -0.05) is 36.4 Å². The summed E-state index contributed by atoms with van der Waals surface area (Å²) in [6, 6.07) is 12.8. The summed E-state index contributed by atoms with van der Waals surface area (Å²) in [6.07, 6.45) is 0.445. The molecule has 112 valence electrons. The van der Waals surface area contributed by atoms with Gasteiger partial charge in [0.1, 0.15) is 0 Å². The molecule has 0 aromatic heterocycles. The van der Waals surface area contributed by atoms with Gasteiger partial charge in [0.15, 0.2) is 0 Å². The lowest BCUT2D eigenvalue weighted by molar-refractivity contribution is -0.00437. The summed E-state index contributed by atoms with van der Waals surface area (Å²) < 4.78 is 0. The normalized spacial score (nSPS) is 23.6. The highest BCUT2D eigenvalue weighted by Crippen LogP contribution is 2.26. The van der Waals surface area contributed by atoms with Crippen LogP contribution in [0.25, 0.3) is 10.8 Å². The van der Waals surface area contributed by atoms with E-state index >= 15 is 0 Å². The average molecular weight is 285 g/mol. The summed E-state index contributed by atoms with van der Waals surface area (Å²) in [5.74, 6) is 0.0369. The van der Waals surface area contributed by atoms with E-state index in [0.717, 1.165) is 19.5 Å². The van der Waals surface area contributed by atoms with Gasteiger partial charge in [-0.3, -0.25) is 4.90 Å². The zero-order valence-corrected chi connectivity index (χ0v) is 12.5. The minimum Gasteiger partial charge on any atom is -0.396 e. The van der Waals surface area contributed by atoms with Crippen molar-refractivity contribution in [3.8, 4) is 0 Å². The molecule has 2 aromatic rings. The van der Waals surface area contributed by atoms with Crippen molar-refractivity contribution < 1.29 is 10.2 Å². The van der Waals surface area contributed by atoms with E-state index < -0.39 is 6.10 Å². The number of hydrogen-bond acceptors (Lipinski definition) is 3. The number of aliphatic hydroxyl groups is 2. The fourth-order valence-electron chi connectivity index (χ4n) is 3.28. The number of fused-ring (bicyclic) bond motifs is 1. The molecule has 21 heavy (non-hydrogen) atoms. The molecule has 1 saturated heterocycles. The largest absolute Gasteiger partial charge is 0.396 e. The molecule has 3 rings (SSSR count). The molecule has 1 aliphatic heterocycles. The van der Waals surface area contributed by atoms with Gasteiger partial charge in [0.25, 0.3) is 0 Å². The molecule has 1 fully saturated rings. The van der Waals surface area contributed by atoms with E-state index in [0.29, 0.717) is 6.54 Å². The Bertz CT molecular complexity index is 626. The molecule has 1 aliphatic rings. The Morgan fingerprint density at radius 3 is 2.76 bits per heavy atom. The number of hydrogen-bond donors (Lipinski definition) is 2. The van der Waals surface area contributed by atoms with E-state index in [-0.39, 0.29) is 12.5 Å². The van der Waals surface area contributed by atoms with Crippen LogP contribution in [0.15, 0.2) is 36.4 Å². The predicted octanol–water partition coefficient (Wildman–Crippen LogP) is 2.32. The lowest BCUT2D eigenvalue weighted by atomic mass is 9.93. The van der Waals surface area contributed by atoms with Crippen LogP contribution in [-0.2, 0) is 6.54 Å². The van der Waals surface area contributed by atoms with Gasteiger partial charge in [-0.05, 0) is 41.8 Å². The molecule has 0 spiro atoms. The topological polar surface area (TPSA) is 43.7 Å². The summed E-state index contributed by atoms with van der Waals surface area (Å²) in [5, 5.41) is 21.9. The fraction of sp³-hybridized carbons (Fsp3) is 0.444. The summed E-state index contributed by atoms with van der Waals surface area (Å²) in [6.45, 7) is 4.68. The van der Waals surface area contributed by atoms with Crippen molar-refractivity contribution >= 4 is 10.8 Å². The van der Waals surface area contributed by atoms with Crippen LogP contribution in [0.2, 0.25) is 0 Å². The molecule has 0 unspecified atom stereocenters. The number of piperidine rings is 1. The SMILES string of the molecule is Cc1ccc2ccccc2c1CN1CC[C@H](CO)[C@H](O)C1. The molecular formula is C18H23NO2. The van der Waals surface area contributed by atoms with Crippen LogP contribution in [0.4, 0.5) is 0 Å². The highest BCUT2D eigenvalue weighted by atomic mass is 16.3. The number of rotatable bonds is 3. The summed E-state index contributed by atoms with van der Waals surface area (Å²) in [7, 11) is 0. The van der Waals surface area contributed by atoms with Crippen molar-refractivity contribution in [1.82, 2.24) is 4.90 Å². The molecular weight excluding hydrogens is 262 g/mol. The maximum absolute atomic E-state index is 10.1. The number of benzene rings is 2. The smallest absolute Gasteiger partial charge is 0.0717 e. The summed E-state index contributed by atoms with van der Waals surface area (Å²) in [5.41, 5.74) is 2.65. The number of nitrogens with zero attached hydrogens (tertiary/aromatic N) is 1. The molecule has 2 atom stereocenters. The second-order valence-electron chi connectivity index (χ2n) is 6.12. The van der Waals surface area contributed by atoms with Crippen molar-refractivity contribution in [1.29, 1.82) is 0 Å². The molecule has 3 heteroatoms. The van der Waals surface area contributed by atoms with Gasteiger partial charge in [-0.15, -0.1) is 0 Å². The molecule has 0 aliphatic carbocycles. The first-order valence-electron chi connectivity index (χ1n) is 7.67. The number of β-amino-alcohol motifs (C(OH)–C–C–N with tert-alkyl or cyclic N) is 1. The van der Waals surface area contributed by atoms with E-state index in [1.807, 2.05) is 0 Å². The van der Waals surface area contributed by atoms with Crippen molar-refractivity contribution in [2.75, 3.05) is 19.7 Å². The number of aliphatic hydroxyl groups excluding tert-OH is 2. The Balaban J connectivity index is 1.84. The number of likely N-dealkylation sites (tertiary alicyclic amines) is 1. The van der Waals surface area contributed by atoms with E-state index in [2.05, 4.69) is 48.2 Å². The van der Waals surface area contributed by atoms with Crippen molar-refractivity contribution in [2.24, 2.45) is 5.92 Å². The molecule has 3 nitrogen and oxygen atoms in total. The van der Waals surface area contributed by atoms with E-state index in [1.54, 1.807) is 0 Å². The highest BCUT2D eigenvalue weighted by molar-refractivity contribution is 5.86. The van der Waals surface area contributed by atoms with Crippen LogP contribution in [-0.4, -0.2) is 40.9 Å². The summed E-state index contributed by atoms with van der Waals surface area (Å²) >= 11 is 0. The molecule has 2 aromatic carbocycles. The van der Waals surface area contributed by atoms with Crippen molar-refractivity contribution in [3.05, 3.63) is 47.5 Å². The van der Waals surface area contributed by atoms with Crippen molar-refractivity contribution in [2.45, 2.75) is 26.0 Å². The van der Waals surface area contributed by atoms with Gasteiger partial charge < -0.3 is 10.2 Å².